The number of anilines is 2. The molecule has 142 valence electrons. The minimum atomic E-state index is -4.56. The van der Waals surface area contributed by atoms with E-state index in [2.05, 4.69) is 16.9 Å². The van der Waals surface area contributed by atoms with Gasteiger partial charge in [0.25, 0.3) is 0 Å². The molecule has 1 aromatic heterocycles. The van der Waals surface area contributed by atoms with Crippen LogP contribution in [0.3, 0.4) is 0 Å². The third-order valence-corrected chi connectivity index (χ3v) is 3.85. The summed E-state index contributed by atoms with van der Waals surface area (Å²) in [7, 11) is 0. The third-order valence-electron chi connectivity index (χ3n) is 3.85. The quantitative estimate of drug-likeness (QED) is 0.627. The molecular weight excluding hydrogens is 343 g/mol. The molecule has 1 heterocycles. The lowest BCUT2D eigenvalue weighted by Crippen LogP contribution is -2.22. The standard InChI is InChI=1S/C19H24F3N3O/c1-4-9-14-10-7-8-11-16(14)25(6-3)18-23-13-15(19(20,21)22)17(24-18)26-12-5-2/h7-8,10-11,13H,4-6,9,12H2,1-3H3. The average molecular weight is 367 g/mol. The van der Waals surface area contributed by atoms with E-state index in [9.17, 15) is 13.2 Å². The van der Waals surface area contributed by atoms with Gasteiger partial charge in [-0.1, -0.05) is 38.5 Å². The zero-order chi connectivity index (χ0) is 19.2. The minimum absolute atomic E-state index is 0.165. The Morgan fingerprint density at radius 3 is 2.42 bits per heavy atom. The van der Waals surface area contributed by atoms with Crippen LogP contribution in [0.4, 0.5) is 24.8 Å². The van der Waals surface area contributed by atoms with E-state index in [1.54, 1.807) is 0 Å². The van der Waals surface area contributed by atoms with Crippen molar-refractivity contribution in [3.05, 3.63) is 41.6 Å². The number of alkyl halides is 3. The van der Waals surface area contributed by atoms with Crippen molar-refractivity contribution in [2.45, 2.75) is 46.2 Å². The second-order valence-electron chi connectivity index (χ2n) is 5.86. The molecule has 0 amide bonds. The van der Waals surface area contributed by atoms with Crippen molar-refractivity contribution in [1.29, 1.82) is 0 Å². The van der Waals surface area contributed by atoms with Gasteiger partial charge in [-0.05, 0) is 31.4 Å². The van der Waals surface area contributed by atoms with E-state index < -0.39 is 17.6 Å². The summed E-state index contributed by atoms with van der Waals surface area (Å²) >= 11 is 0. The van der Waals surface area contributed by atoms with Gasteiger partial charge in [0, 0.05) is 18.4 Å². The fourth-order valence-corrected chi connectivity index (χ4v) is 2.67. The second-order valence-corrected chi connectivity index (χ2v) is 5.86. The Hall–Kier alpha value is -2.31. The number of aryl methyl sites for hydroxylation is 1. The highest BCUT2D eigenvalue weighted by molar-refractivity contribution is 5.62. The maximum absolute atomic E-state index is 13.2. The zero-order valence-corrected chi connectivity index (χ0v) is 15.3. The number of aromatic nitrogens is 2. The van der Waals surface area contributed by atoms with Crippen molar-refractivity contribution in [1.82, 2.24) is 9.97 Å². The summed E-state index contributed by atoms with van der Waals surface area (Å²) in [6.45, 7) is 6.51. The molecule has 0 spiro atoms. The summed E-state index contributed by atoms with van der Waals surface area (Å²) in [5.41, 5.74) is 1.06. The SMILES string of the molecule is CCCOc1nc(N(CC)c2ccccc2CCC)ncc1C(F)(F)F. The first-order valence-corrected chi connectivity index (χ1v) is 8.84. The third kappa shape index (κ3) is 4.65. The Balaban J connectivity index is 2.48. The van der Waals surface area contributed by atoms with Gasteiger partial charge in [0.05, 0.1) is 6.61 Å². The van der Waals surface area contributed by atoms with Crippen molar-refractivity contribution in [2.24, 2.45) is 0 Å². The molecule has 0 unspecified atom stereocenters. The topological polar surface area (TPSA) is 38.2 Å². The summed E-state index contributed by atoms with van der Waals surface area (Å²) in [5, 5.41) is 0. The lowest BCUT2D eigenvalue weighted by molar-refractivity contribution is -0.139. The highest BCUT2D eigenvalue weighted by Crippen LogP contribution is 2.36. The lowest BCUT2D eigenvalue weighted by Gasteiger charge is -2.24. The Kier molecular flexibility index (Phi) is 6.83. The van der Waals surface area contributed by atoms with Gasteiger partial charge in [-0.15, -0.1) is 0 Å². The predicted molar refractivity (Wildman–Crippen MR) is 95.9 cm³/mol. The van der Waals surface area contributed by atoms with Crippen LogP contribution in [-0.2, 0) is 12.6 Å². The molecule has 0 saturated heterocycles. The fraction of sp³-hybridized carbons (Fsp3) is 0.474. The Labute approximate surface area is 152 Å². The highest BCUT2D eigenvalue weighted by Gasteiger charge is 2.36. The largest absolute Gasteiger partial charge is 0.477 e. The van der Waals surface area contributed by atoms with E-state index in [0.717, 1.165) is 30.3 Å². The number of halogens is 3. The predicted octanol–water partition coefficient (Wildman–Crippen LogP) is 5.39. The van der Waals surface area contributed by atoms with E-state index in [0.29, 0.717) is 13.0 Å². The molecule has 0 radical (unpaired) electrons. The van der Waals surface area contributed by atoms with Crippen molar-refractivity contribution in [3.8, 4) is 5.88 Å². The smallest absolute Gasteiger partial charge is 0.423 e. The first kappa shape index (κ1) is 20.0. The Morgan fingerprint density at radius 1 is 1.08 bits per heavy atom. The van der Waals surface area contributed by atoms with Crippen molar-refractivity contribution in [2.75, 3.05) is 18.1 Å². The first-order valence-electron chi connectivity index (χ1n) is 8.84. The summed E-state index contributed by atoms with van der Waals surface area (Å²) in [4.78, 5) is 9.89. The molecule has 0 bridgehead atoms. The van der Waals surface area contributed by atoms with Crippen LogP contribution in [0, 0.1) is 0 Å². The minimum Gasteiger partial charge on any atom is -0.477 e. The van der Waals surface area contributed by atoms with Gasteiger partial charge < -0.3 is 9.64 Å². The molecular formula is C19H24F3N3O. The molecule has 2 aromatic rings. The van der Waals surface area contributed by atoms with Crippen LogP contribution in [0.5, 0.6) is 5.88 Å². The molecule has 2 rings (SSSR count). The lowest BCUT2D eigenvalue weighted by atomic mass is 10.1. The van der Waals surface area contributed by atoms with E-state index in [1.165, 1.54) is 0 Å². The number of rotatable bonds is 8. The normalized spacial score (nSPS) is 11.5. The van der Waals surface area contributed by atoms with Gasteiger partial charge >= 0.3 is 6.18 Å². The Morgan fingerprint density at radius 2 is 1.81 bits per heavy atom. The molecule has 1 aromatic carbocycles. The number of nitrogens with zero attached hydrogens (tertiary/aromatic N) is 3. The van der Waals surface area contributed by atoms with Crippen molar-refractivity contribution in [3.63, 3.8) is 0 Å². The van der Waals surface area contributed by atoms with Crippen LogP contribution in [-0.4, -0.2) is 23.1 Å². The van der Waals surface area contributed by atoms with Crippen molar-refractivity contribution < 1.29 is 17.9 Å². The van der Waals surface area contributed by atoms with Gasteiger partial charge in [0.2, 0.25) is 11.8 Å². The van der Waals surface area contributed by atoms with E-state index in [4.69, 9.17) is 4.74 Å². The fourth-order valence-electron chi connectivity index (χ4n) is 2.67. The number of benzene rings is 1. The average Bonchev–Trinajstić information content (AvgIpc) is 2.61. The summed E-state index contributed by atoms with van der Waals surface area (Å²) in [6, 6.07) is 7.80. The molecule has 0 saturated carbocycles. The number of ether oxygens (including phenoxy) is 1. The highest BCUT2D eigenvalue weighted by atomic mass is 19.4. The van der Waals surface area contributed by atoms with Gasteiger partial charge in [0.1, 0.15) is 5.56 Å². The van der Waals surface area contributed by atoms with Crippen LogP contribution in [0.1, 0.15) is 44.7 Å². The van der Waals surface area contributed by atoms with Gasteiger partial charge in [-0.2, -0.15) is 18.2 Å². The molecule has 26 heavy (non-hydrogen) atoms. The summed E-state index contributed by atoms with van der Waals surface area (Å²) in [6.07, 6.45) is -1.33. The van der Waals surface area contributed by atoms with Crippen LogP contribution >= 0.6 is 0 Å². The Bertz CT molecular complexity index is 719. The van der Waals surface area contributed by atoms with Crippen LogP contribution < -0.4 is 9.64 Å². The molecule has 0 aliphatic carbocycles. The van der Waals surface area contributed by atoms with E-state index in [1.807, 2.05) is 43.0 Å². The summed E-state index contributed by atoms with van der Waals surface area (Å²) < 4.78 is 44.9. The maximum atomic E-state index is 13.2. The maximum Gasteiger partial charge on any atom is 0.423 e. The zero-order valence-electron chi connectivity index (χ0n) is 15.3. The van der Waals surface area contributed by atoms with Crippen LogP contribution in [0.25, 0.3) is 0 Å². The van der Waals surface area contributed by atoms with Gasteiger partial charge in [-0.3, -0.25) is 0 Å². The second kappa shape index (κ2) is 8.87. The van der Waals surface area contributed by atoms with E-state index in [-0.39, 0.29) is 12.6 Å². The number of hydrogen-bond acceptors (Lipinski definition) is 4. The van der Waals surface area contributed by atoms with Crippen molar-refractivity contribution >= 4 is 11.6 Å². The molecule has 0 atom stereocenters. The van der Waals surface area contributed by atoms with E-state index >= 15 is 0 Å². The van der Waals surface area contributed by atoms with Gasteiger partial charge in [-0.25, -0.2) is 4.98 Å². The molecule has 0 fully saturated rings. The number of hydrogen-bond donors (Lipinski definition) is 0. The first-order chi connectivity index (χ1) is 12.4. The molecule has 0 N–H and O–H groups in total. The molecule has 7 heteroatoms. The summed E-state index contributed by atoms with van der Waals surface area (Å²) in [5.74, 6) is -0.217. The number of para-hydroxylation sites is 1. The van der Waals surface area contributed by atoms with Gasteiger partial charge in [0.15, 0.2) is 0 Å². The molecule has 0 aliphatic rings. The van der Waals surface area contributed by atoms with Crippen LogP contribution in [0.15, 0.2) is 30.5 Å². The monoisotopic (exact) mass is 367 g/mol. The molecule has 4 nitrogen and oxygen atoms in total. The van der Waals surface area contributed by atoms with Crippen LogP contribution in [0.2, 0.25) is 0 Å². The molecule has 0 aliphatic heterocycles.